The quantitative estimate of drug-likeness (QED) is 0.342. The van der Waals surface area contributed by atoms with E-state index >= 15 is 0 Å². The number of amides is 2. The van der Waals surface area contributed by atoms with E-state index in [-0.39, 0.29) is 18.6 Å². The molecule has 10 heteroatoms. The van der Waals surface area contributed by atoms with Crippen molar-refractivity contribution in [2.24, 2.45) is 5.92 Å². The highest BCUT2D eigenvalue weighted by molar-refractivity contribution is 6.10. The zero-order valence-corrected chi connectivity index (χ0v) is 21.8. The molecule has 2 aromatic heterocycles. The molecule has 2 N–H and O–H groups in total. The first kappa shape index (κ1) is 27.5. The van der Waals surface area contributed by atoms with Crippen molar-refractivity contribution in [1.29, 1.82) is 0 Å². The number of aromatic nitrogens is 2. The molecule has 0 bridgehead atoms. The number of anilines is 1. The molecule has 3 aromatic rings. The zero-order valence-electron chi connectivity index (χ0n) is 21.8. The van der Waals surface area contributed by atoms with Gasteiger partial charge in [0.25, 0.3) is 0 Å². The average molecular weight is 531 g/mol. The number of halogens is 3. The van der Waals surface area contributed by atoms with Gasteiger partial charge in [-0.3, -0.25) is 9.59 Å². The van der Waals surface area contributed by atoms with Gasteiger partial charge >= 0.3 is 6.18 Å². The van der Waals surface area contributed by atoms with Crippen LogP contribution in [0.1, 0.15) is 52.0 Å². The second-order valence-corrected chi connectivity index (χ2v) is 10.1. The van der Waals surface area contributed by atoms with Gasteiger partial charge in [-0.25, -0.2) is 4.98 Å². The molecule has 3 atom stereocenters. The van der Waals surface area contributed by atoms with Crippen molar-refractivity contribution in [3.8, 4) is 5.75 Å². The van der Waals surface area contributed by atoms with Crippen molar-refractivity contribution in [2.45, 2.75) is 64.1 Å². The van der Waals surface area contributed by atoms with E-state index in [1.165, 1.54) is 4.90 Å². The Hall–Kier alpha value is -3.56. The molecule has 7 nitrogen and oxygen atoms in total. The van der Waals surface area contributed by atoms with Crippen molar-refractivity contribution in [3.63, 3.8) is 0 Å². The summed E-state index contributed by atoms with van der Waals surface area (Å²) in [6, 6.07) is 11.1. The van der Waals surface area contributed by atoms with Crippen LogP contribution in [0.25, 0.3) is 11.0 Å². The van der Waals surface area contributed by atoms with E-state index in [9.17, 15) is 22.8 Å². The molecule has 38 heavy (non-hydrogen) atoms. The summed E-state index contributed by atoms with van der Waals surface area (Å²) in [6.45, 7) is 4.06. The first-order chi connectivity index (χ1) is 18.0. The Morgan fingerprint density at radius 2 is 2.00 bits per heavy atom. The number of carbonyl (C=O) groups is 2. The second-order valence-electron chi connectivity index (χ2n) is 10.1. The summed E-state index contributed by atoms with van der Waals surface area (Å²) in [5, 5.41) is 3.27. The Labute approximate surface area is 219 Å². The minimum Gasteiger partial charge on any atom is -0.489 e. The third-order valence-electron chi connectivity index (χ3n) is 7.23. The number of carbonyl (C=O) groups excluding carboxylic acids is 2. The number of hydrogen-bond acceptors (Lipinski definition) is 4. The number of benzene rings is 1. The molecule has 1 aliphatic heterocycles. The average Bonchev–Trinajstić information content (AvgIpc) is 3.43. The second kappa shape index (κ2) is 11.0. The third-order valence-corrected chi connectivity index (χ3v) is 7.23. The Balaban J connectivity index is 1.46. The smallest absolute Gasteiger partial charge is 0.393 e. The fourth-order valence-corrected chi connectivity index (χ4v) is 4.89. The topological polar surface area (TPSA) is 87.3 Å². The molecule has 0 saturated carbocycles. The van der Waals surface area contributed by atoms with E-state index in [1.807, 2.05) is 37.4 Å². The molecular weight excluding hydrogens is 497 g/mol. The lowest BCUT2D eigenvalue weighted by Crippen LogP contribution is -2.45. The van der Waals surface area contributed by atoms with Crippen molar-refractivity contribution in [1.82, 2.24) is 15.3 Å². The van der Waals surface area contributed by atoms with E-state index in [0.29, 0.717) is 24.3 Å². The monoisotopic (exact) mass is 530 g/mol. The molecule has 0 fully saturated rings. The number of para-hydroxylation sites is 1. The molecule has 0 aliphatic carbocycles. The van der Waals surface area contributed by atoms with Crippen molar-refractivity contribution in [2.75, 3.05) is 18.0 Å². The highest BCUT2D eigenvalue weighted by atomic mass is 19.4. The summed E-state index contributed by atoms with van der Waals surface area (Å²) in [5.41, 5.74) is 1.29. The molecule has 2 amide bonds. The Bertz CT molecular complexity index is 1290. The standard InChI is InChI=1S/C28H33F3N4O3/c1-4-7-20(38-21-14-19-11-13-32-25(19)34-16-21)10-12-27(3)22-8-5-6-9-23(22)35(26(27)37)17-24(36)33-15-18(2)28(29,30)31/h5-6,8-9,11,13-14,16,18,20H,4,7,10,12,15,17H2,1-3H3,(H,32,34)(H,33,36)/t18?,20?,27-/m0/s1. The van der Waals surface area contributed by atoms with Crippen LogP contribution in [0.4, 0.5) is 18.9 Å². The summed E-state index contributed by atoms with van der Waals surface area (Å²) >= 11 is 0. The van der Waals surface area contributed by atoms with Gasteiger partial charge in [-0.05, 0) is 49.9 Å². The number of alkyl halides is 3. The molecule has 0 spiro atoms. The highest BCUT2D eigenvalue weighted by Gasteiger charge is 2.47. The lowest BCUT2D eigenvalue weighted by molar-refractivity contribution is -0.168. The maximum atomic E-state index is 13.7. The van der Waals surface area contributed by atoms with Crippen molar-refractivity contribution >= 4 is 28.5 Å². The van der Waals surface area contributed by atoms with Crippen molar-refractivity contribution < 1.29 is 27.5 Å². The van der Waals surface area contributed by atoms with Crippen LogP contribution < -0.4 is 15.0 Å². The van der Waals surface area contributed by atoms with Crippen LogP contribution in [0.15, 0.2) is 48.8 Å². The molecule has 4 rings (SSSR count). The zero-order chi connectivity index (χ0) is 27.5. The molecule has 3 heterocycles. The van der Waals surface area contributed by atoms with Gasteiger partial charge in [0.2, 0.25) is 11.8 Å². The maximum Gasteiger partial charge on any atom is 0.393 e. The van der Waals surface area contributed by atoms with Crippen LogP contribution >= 0.6 is 0 Å². The van der Waals surface area contributed by atoms with Gasteiger partial charge in [-0.2, -0.15) is 13.2 Å². The number of nitrogens with one attached hydrogen (secondary N) is 2. The molecule has 2 unspecified atom stereocenters. The van der Waals surface area contributed by atoms with Crippen molar-refractivity contribution in [3.05, 3.63) is 54.4 Å². The van der Waals surface area contributed by atoms with Crippen LogP contribution in [-0.2, 0) is 15.0 Å². The fourth-order valence-electron chi connectivity index (χ4n) is 4.89. The van der Waals surface area contributed by atoms with E-state index in [1.54, 1.807) is 18.3 Å². The lowest BCUT2D eigenvalue weighted by Gasteiger charge is -2.27. The minimum absolute atomic E-state index is 0.142. The largest absolute Gasteiger partial charge is 0.489 e. The Kier molecular flexibility index (Phi) is 7.99. The number of hydrogen-bond donors (Lipinski definition) is 2. The first-order valence-corrected chi connectivity index (χ1v) is 12.9. The van der Waals surface area contributed by atoms with Gasteiger partial charge in [0, 0.05) is 23.8 Å². The van der Waals surface area contributed by atoms with Gasteiger partial charge < -0.3 is 19.9 Å². The summed E-state index contributed by atoms with van der Waals surface area (Å²) in [5.74, 6) is -1.90. The van der Waals surface area contributed by atoms with Gasteiger partial charge in [-0.1, -0.05) is 38.5 Å². The van der Waals surface area contributed by atoms with E-state index < -0.39 is 30.0 Å². The summed E-state index contributed by atoms with van der Waals surface area (Å²) in [7, 11) is 0. The fraction of sp³-hybridized carbons (Fsp3) is 0.464. The third kappa shape index (κ3) is 5.79. The Morgan fingerprint density at radius 3 is 2.74 bits per heavy atom. The van der Waals surface area contributed by atoms with Crippen LogP contribution in [0.3, 0.4) is 0 Å². The van der Waals surface area contributed by atoms with Gasteiger partial charge in [0.15, 0.2) is 0 Å². The molecule has 204 valence electrons. The van der Waals surface area contributed by atoms with Crippen LogP contribution in [-0.4, -0.2) is 47.2 Å². The Morgan fingerprint density at radius 1 is 1.24 bits per heavy atom. The van der Waals surface area contributed by atoms with E-state index in [4.69, 9.17) is 4.74 Å². The normalized spacial score (nSPS) is 18.9. The number of pyridine rings is 1. The molecule has 1 aromatic carbocycles. The molecular formula is C28H33F3N4O3. The summed E-state index contributed by atoms with van der Waals surface area (Å²) in [4.78, 5) is 35.0. The first-order valence-electron chi connectivity index (χ1n) is 12.9. The van der Waals surface area contributed by atoms with E-state index in [2.05, 4.69) is 22.2 Å². The van der Waals surface area contributed by atoms with Crippen LogP contribution in [0.5, 0.6) is 5.75 Å². The highest BCUT2D eigenvalue weighted by Crippen LogP contribution is 2.44. The van der Waals surface area contributed by atoms with Gasteiger partial charge in [-0.15, -0.1) is 0 Å². The maximum absolute atomic E-state index is 13.7. The summed E-state index contributed by atoms with van der Waals surface area (Å²) < 4.78 is 44.8. The molecule has 0 radical (unpaired) electrons. The van der Waals surface area contributed by atoms with Crippen LogP contribution in [0.2, 0.25) is 0 Å². The predicted molar refractivity (Wildman–Crippen MR) is 139 cm³/mol. The molecule has 1 aliphatic rings. The summed E-state index contributed by atoms with van der Waals surface area (Å²) in [6.07, 6.45) is 1.72. The number of rotatable bonds is 11. The lowest BCUT2D eigenvalue weighted by atomic mass is 9.78. The SMILES string of the molecule is CCCC(CC[C@]1(C)C(=O)N(CC(=O)NCC(C)C(F)(F)F)c2ccccc21)Oc1cnc2[nH]ccc2c1. The minimum atomic E-state index is -4.40. The number of H-pyrrole nitrogens is 1. The van der Waals surface area contributed by atoms with E-state index in [0.717, 1.165) is 36.4 Å². The van der Waals surface area contributed by atoms with Crippen LogP contribution in [0, 0.1) is 5.92 Å². The molecule has 0 saturated heterocycles. The predicted octanol–water partition coefficient (Wildman–Crippen LogP) is 5.51. The number of nitrogens with zero attached hydrogens (tertiary/aromatic N) is 2. The number of aromatic amines is 1. The van der Waals surface area contributed by atoms with Gasteiger partial charge in [0.1, 0.15) is 17.9 Å². The number of fused-ring (bicyclic) bond motifs is 2. The van der Waals surface area contributed by atoms with Gasteiger partial charge in [0.05, 0.1) is 23.6 Å². The number of ether oxygens (including phenoxy) is 1.